The summed E-state index contributed by atoms with van der Waals surface area (Å²) in [5, 5.41) is 45.2. The van der Waals surface area contributed by atoms with Crippen LogP contribution in [0.5, 0.6) is 5.75 Å². The number of carbonyl (C=O) groups is 5. The molecule has 0 spiro atoms. The van der Waals surface area contributed by atoms with Crippen LogP contribution in [0.1, 0.15) is 55.4 Å². The molecule has 1 aliphatic rings. The average Bonchev–Trinajstić information content (AvgIpc) is 3.34. The molecule has 1 fully saturated rings. The number of carboxylic acids is 2. The zero-order valence-corrected chi connectivity index (χ0v) is 40.3. The molecule has 0 unspecified atom stereocenters. The number of aliphatic carboxylic acids is 2. The number of carbonyl (C=O) groups excluding carboxylic acids is 3. The van der Waals surface area contributed by atoms with Gasteiger partial charge in [-0.3, -0.25) is 19.7 Å². The second-order valence-corrected chi connectivity index (χ2v) is 17.2. The van der Waals surface area contributed by atoms with Gasteiger partial charge in [-0.1, -0.05) is 78.9 Å². The molecule has 2 atom stereocenters. The van der Waals surface area contributed by atoms with E-state index in [4.69, 9.17) is 24.5 Å². The molecule has 0 radical (unpaired) electrons. The summed E-state index contributed by atoms with van der Waals surface area (Å²) >= 11 is 0. The van der Waals surface area contributed by atoms with Gasteiger partial charge < -0.3 is 50.6 Å². The van der Waals surface area contributed by atoms with E-state index < -0.39 is 36.5 Å². The summed E-state index contributed by atoms with van der Waals surface area (Å²) in [6.07, 6.45) is -8.30. The smallest absolute Gasteiger partial charge is 0.490 e. The Bertz CT molecular complexity index is 2690. The molecule has 74 heavy (non-hydrogen) atoms. The lowest BCUT2D eigenvalue weighted by atomic mass is 10.0. The van der Waals surface area contributed by atoms with Crippen LogP contribution in [0, 0.1) is 0 Å². The molecular formula is C51H58F6N6O11. The van der Waals surface area contributed by atoms with Gasteiger partial charge in [-0.15, -0.1) is 0 Å². The summed E-state index contributed by atoms with van der Waals surface area (Å²) in [4.78, 5) is 74.5. The van der Waals surface area contributed by atoms with Crippen molar-refractivity contribution in [2.45, 2.75) is 76.1 Å². The van der Waals surface area contributed by atoms with E-state index in [1.165, 1.54) is 12.1 Å². The van der Waals surface area contributed by atoms with Crippen LogP contribution in [0.4, 0.5) is 36.8 Å². The van der Waals surface area contributed by atoms with Crippen molar-refractivity contribution in [2.75, 3.05) is 51.6 Å². The molecule has 23 heteroatoms. The van der Waals surface area contributed by atoms with Crippen LogP contribution in [0.3, 0.4) is 0 Å². The van der Waals surface area contributed by atoms with Crippen LogP contribution in [0.25, 0.3) is 22.0 Å². The number of hydrogen-bond acceptors (Lipinski definition) is 11. The molecule has 17 nitrogen and oxygen atoms in total. The molecule has 6 rings (SSSR count). The van der Waals surface area contributed by atoms with Crippen molar-refractivity contribution < 1.29 is 75.5 Å². The Hall–Kier alpha value is -7.50. The second-order valence-electron chi connectivity index (χ2n) is 17.2. The monoisotopic (exact) mass is 1040 g/mol. The SMILES string of the molecule is C[C@H](Cc1cccc(CC(=O)NCCCN(C)C(=O)CCN2CCC(OC(=O)Nc3ccccc3-c3ccccc3)CC2)c1)NC[C@H](O)c1ccc(O)c2[nH]c(=O)ccc12.O=C(O)C(F)(F)F.O=C(O)C(F)(F)F. The molecular weight excluding hydrogens is 987 g/mol. The van der Waals surface area contributed by atoms with E-state index in [0.29, 0.717) is 73.9 Å². The highest BCUT2D eigenvalue weighted by molar-refractivity contribution is 5.91. The third kappa shape index (κ3) is 19.8. The maximum Gasteiger partial charge on any atom is 0.490 e. The number of amides is 3. The normalized spacial score (nSPS) is 13.7. The van der Waals surface area contributed by atoms with Crippen molar-refractivity contribution in [3.05, 3.63) is 130 Å². The predicted molar refractivity (Wildman–Crippen MR) is 261 cm³/mol. The number of aliphatic hydroxyl groups is 1. The van der Waals surface area contributed by atoms with Gasteiger partial charge in [0.05, 0.1) is 23.7 Å². The number of aliphatic hydroxyl groups excluding tert-OH is 1. The zero-order valence-electron chi connectivity index (χ0n) is 40.3. The fraction of sp³-hybridized carbons (Fsp3) is 0.373. The predicted octanol–water partition coefficient (Wildman–Crippen LogP) is 7.03. The number of aromatic hydroxyl groups is 1. The number of phenols is 1. The number of likely N-dealkylation sites (tertiary alicyclic amines) is 1. The quantitative estimate of drug-likeness (QED) is 0.0325. The number of nitrogens with one attached hydrogen (secondary N) is 4. The van der Waals surface area contributed by atoms with Crippen LogP contribution in [0.2, 0.25) is 0 Å². The molecule has 5 aromatic rings. The molecule has 0 bridgehead atoms. The number of hydrogen-bond donors (Lipinski definition) is 8. The fourth-order valence-corrected chi connectivity index (χ4v) is 7.63. The topological polar surface area (TPSA) is 251 Å². The van der Waals surface area contributed by atoms with E-state index in [9.17, 15) is 55.7 Å². The van der Waals surface area contributed by atoms with E-state index >= 15 is 0 Å². The Balaban J connectivity index is 0.000000743. The number of anilines is 1. The third-order valence-corrected chi connectivity index (χ3v) is 11.4. The fourth-order valence-electron chi connectivity index (χ4n) is 7.63. The average molecular weight is 1050 g/mol. The van der Waals surface area contributed by atoms with Gasteiger partial charge in [-0.05, 0) is 73.1 Å². The first-order chi connectivity index (χ1) is 34.9. The molecule has 400 valence electrons. The van der Waals surface area contributed by atoms with Crippen molar-refractivity contribution in [1.82, 2.24) is 25.4 Å². The minimum atomic E-state index is -5.08. The summed E-state index contributed by atoms with van der Waals surface area (Å²) in [6, 6.07) is 31.6. The summed E-state index contributed by atoms with van der Waals surface area (Å²) in [5.41, 5.74) is 5.18. The first kappa shape index (κ1) is 59.1. The van der Waals surface area contributed by atoms with Gasteiger partial charge >= 0.3 is 30.4 Å². The number of rotatable bonds is 18. The number of halogens is 6. The standard InChI is InChI=1S/C47H56N6O7.2C2HF3O2/c1-32(49-31-42(55)38-16-18-41(54)46-39(38)17-19-43(56)51-46)28-33-10-8-11-34(29-33)30-44(57)48-23-9-24-52(2)45(58)22-27-53-25-20-36(21-26-53)60-47(59)50-40-15-7-6-14-37(40)35-12-4-3-5-13-35;2*3-2(4,5)1(6)7/h3-8,10-19,29,32,36,42,49,54-55H,9,20-28,30-31H2,1-2H3,(H,48,57)(H,50,59)(H,51,56);2*(H,6,7)/t32-,42+;;/m1../s1. The van der Waals surface area contributed by atoms with Gasteiger partial charge in [0.15, 0.2) is 0 Å². The second kappa shape index (κ2) is 28.1. The van der Waals surface area contributed by atoms with Crippen LogP contribution in [-0.4, -0.2) is 136 Å². The summed E-state index contributed by atoms with van der Waals surface area (Å²) in [6.45, 7) is 5.43. The van der Waals surface area contributed by atoms with E-state index in [0.717, 1.165) is 35.3 Å². The largest absolute Gasteiger partial charge is 0.506 e. The first-order valence-corrected chi connectivity index (χ1v) is 23.2. The molecule has 0 saturated carbocycles. The molecule has 8 N–H and O–H groups in total. The van der Waals surface area contributed by atoms with Crippen LogP contribution < -0.4 is 21.5 Å². The molecule has 3 amide bonds. The molecule has 1 aromatic heterocycles. The van der Waals surface area contributed by atoms with Gasteiger partial charge in [0, 0.05) is 75.8 Å². The number of ether oxygens (including phenoxy) is 1. The summed E-state index contributed by atoms with van der Waals surface area (Å²) in [7, 11) is 1.79. The minimum absolute atomic E-state index is 0.0218. The number of nitrogens with zero attached hydrogens (tertiary/aromatic N) is 2. The number of fused-ring (bicyclic) bond motifs is 1. The summed E-state index contributed by atoms with van der Waals surface area (Å²) < 4.78 is 69.2. The lowest BCUT2D eigenvalue weighted by molar-refractivity contribution is -0.193. The van der Waals surface area contributed by atoms with Crippen molar-refractivity contribution in [3.8, 4) is 16.9 Å². The number of carboxylic acid groups (broad SMARTS) is 2. The molecule has 2 heterocycles. The van der Waals surface area contributed by atoms with Crippen molar-refractivity contribution in [3.63, 3.8) is 0 Å². The Labute approximate surface area is 421 Å². The molecule has 1 saturated heterocycles. The minimum Gasteiger partial charge on any atom is -0.506 e. The number of pyridine rings is 1. The zero-order chi connectivity index (χ0) is 54.6. The van der Waals surface area contributed by atoms with Crippen molar-refractivity contribution in [2.24, 2.45) is 0 Å². The number of benzene rings is 4. The number of aromatic nitrogens is 1. The van der Waals surface area contributed by atoms with E-state index in [1.54, 1.807) is 24.1 Å². The lowest BCUT2D eigenvalue weighted by Crippen LogP contribution is -2.40. The van der Waals surface area contributed by atoms with Crippen molar-refractivity contribution in [1.29, 1.82) is 0 Å². The Morgan fingerprint density at radius 3 is 2.11 bits per heavy atom. The van der Waals surface area contributed by atoms with Crippen LogP contribution >= 0.6 is 0 Å². The molecule has 0 aliphatic carbocycles. The maximum absolute atomic E-state index is 12.9. The lowest BCUT2D eigenvalue weighted by Gasteiger charge is -2.31. The number of aromatic amines is 1. The van der Waals surface area contributed by atoms with E-state index in [2.05, 4.69) is 25.8 Å². The Kier molecular flexibility index (Phi) is 22.4. The third-order valence-electron chi connectivity index (χ3n) is 11.4. The highest BCUT2D eigenvalue weighted by atomic mass is 19.4. The first-order valence-electron chi connectivity index (χ1n) is 23.2. The van der Waals surface area contributed by atoms with Gasteiger partial charge in [0.1, 0.15) is 11.9 Å². The number of H-pyrrole nitrogens is 1. The highest BCUT2D eigenvalue weighted by Crippen LogP contribution is 2.30. The number of piperidine rings is 1. The highest BCUT2D eigenvalue weighted by Gasteiger charge is 2.39. The van der Waals surface area contributed by atoms with Gasteiger partial charge in [0.25, 0.3) is 0 Å². The molecule has 1 aliphatic heterocycles. The number of phenolic OH excluding ortho intramolecular Hbond substituents is 1. The van der Waals surface area contributed by atoms with E-state index in [1.807, 2.05) is 85.8 Å². The maximum atomic E-state index is 12.9. The van der Waals surface area contributed by atoms with Crippen molar-refractivity contribution >= 4 is 46.4 Å². The van der Waals surface area contributed by atoms with Gasteiger partial charge in [-0.25, -0.2) is 14.4 Å². The number of alkyl halides is 6. The Morgan fingerprint density at radius 2 is 1.46 bits per heavy atom. The summed E-state index contributed by atoms with van der Waals surface area (Å²) in [5.74, 6) is -5.60. The van der Waals surface area contributed by atoms with Crippen LogP contribution in [0.15, 0.2) is 108 Å². The number of para-hydroxylation sites is 1. The molecule has 4 aromatic carbocycles. The van der Waals surface area contributed by atoms with Crippen LogP contribution in [-0.2, 0) is 36.8 Å². The van der Waals surface area contributed by atoms with Gasteiger partial charge in [0.2, 0.25) is 17.4 Å². The van der Waals surface area contributed by atoms with Gasteiger partial charge in [-0.2, -0.15) is 26.3 Å². The van der Waals surface area contributed by atoms with E-state index in [-0.39, 0.29) is 48.2 Å². The Morgan fingerprint density at radius 1 is 0.838 bits per heavy atom.